The summed E-state index contributed by atoms with van der Waals surface area (Å²) >= 11 is 0. The van der Waals surface area contributed by atoms with Crippen LogP contribution in [0.1, 0.15) is 58.5 Å². The molecule has 0 atom stereocenters. The van der Waals surface area contributed by atoms with Crippen molar-refractivity contribution in [3.63, 3.8) is 0 Å². The molecular formula is C57H43N5O. The normalized spacial score (nSPS) is 15.9. The maximum atomic E-state index is 9.29. The molecule has 13 rings (SSSR count). The lowest BCUT2D eigenvalue weighted by Crippen LogP contribution is -2.33. The van der Waals surface area contributed by atoms with Gasteiger partial charge in [-0.1, -0.05) is 125 Å². The zero-order valence-electron chi connectivity index (χ0n) is 40.3. The lowest BCUT2D eigenvalue weighted by Gasteiger charge is -2.42. The predicted molar refractivity (Wildman–Crippen MR) is 259 cm³/mol. The maximum Gasteiger partial charge on any atom is 0.238 e. The van der Waals surface area contributed by atoms with Crippen LogP contribution in [0.5, 0.6) is 0 Å². The van der Waals surface area contributed by atoms with Gasteiger partial charge in [0.25, 0.3) is 0 Å². The molecule has 0 saturated heterocycles. The van der Waals surface area contributed by atoms with E-state index in [4.69, 9.17) is 23.5 Å². The summed E-state index contributed by atoms with van der Waals surface area (Å²) in [6.45, 7) is 9.35. The molecule has 6 nitrogen and oxygen atoms in total. The predicted octanol–water partition coefficient (Wildman–Crippen LogP) is 14.8. The van der Waals surface area contributed by atoms with Gasteiger partial charge in [0.05, 0.1) is 28.9 Å². The van der Waals surface area contributed by atoms with Gasteiger partial charge < -0.3 is 8.98 Å². The lowest BCUT2D eigenvalue weighted by molar-refractivity contribution is 0.332. The first-order valence-corrected chi connectivity index (χ1v) is 21.6. The van der Waals surface area contributed by atoms with E-state index < -0.39 is 18.1 Å². The molecule has 1 aliphatic carbocycles. The molecule has 0 saturated carbocycles. The van der Waals surface area contributed by atoms with Crippen molar-refractivity contribution in [3.8, 4) is 34.4 Å². The molecule has 4 aromatic heterocycles. The Labute approximate surface area is 371 Å². The molecule has 0 bridgehead atoms. The van der Waals surface area contributed by atoms with Crippen LogP contribution in [0.3, 0.4) is 0 Å². The van der Waals surface area contributed by atoms with Crippen molar-refractivity contribution in [2.75, 3.05) is 0 Å². The highest BCUT2D eigenvalue weighted by atomic mass is 16.3. The number of fused-ring (bicyclic) bond motifs is 12. The van der Waals surface area contributed by atoms with Gasteiger partial charge >= 0.3 is 0 Å². The van der Waals surface area contributed by atoms with E-state index in [1.807, 2.05) is 89.5 Å². The molecule has 12 aromatic rings. The second-order valence-electron chi connectivity index (χ2n) is 18.4. The van der Waals surface area contributed by atoms with E-state index in [1.54, 1.807) is 0 Å². The van der Waals surface area contributed by atoms with Crippen molar-refractivity contribution in [1.29, 1.82) is 0 Å². The molecule has 8 aromatic carbocycles. The largest absolute Gasteiger partial charge is 0.456 e. The van der Waals surface area contributed by atoms with Gasteiger partial charge in [0, 0.05) is 49.1 Å². The molecule has 1 aliphatic rings. The second-order valence-corrected chi connectivity index (χ2v) is 18.4. The zero-order valence-corrected chi connectivity index (χ0v) is 35.3. The highest BCUT2D eigenvalue weighted by Gasteiger charge is 2.38. The van der Waals surface area contributed by atoms with Gasteiger partial charge in [-0.05, 0) is 112 Å². The van der Waals surface area contributed by atoms with E-state index in [0.29, 0.717) is 23.1 Å². The fraction of sp³-hybridized carbons (Fsp3) is 0.140. The number of para-hydroxylation sites is 2. The zero-order chi connectivity index (χ0) is 46.5. The van der Waals surface area contributed by atoms with Crippen LogP contribution >= 0.6 is 0 Å². The molecule has 0 unspecified atom stereocenters. The summed E-state index contributed by atoms with van der Waals surface area (Å²) in [5, 5.41) is 7.87. The van der Waals surface area contributed by atoms with E-state index in [1.165, 1.54) is 11.1 Å². The Morgan fingerprint density at radius 2 is 1.14 bits per heavy atom. The maximum absolute atomic E-state index is 9.29. The minimum absolute atomic E-state index is 0.0818. The first-order valence-electron chi connectivity index (χ1n) is 24.1. The summed E-state index contributed by atoms with van der Waals surface area (Å²) in [4.78, 5) is 15.9. The van der Waals surface area contributed by atoms with Crippen molar-refractivity contribution in [2.45, 2.75) is 51.4 Å². The van der Waals surface area contributed by atoms with E-state index in [-0.39, 0.29) is 28.6 Å². The Morgan fingerprint density at radius 1 is 0.492 bits per heavy atom. The molecule has 0 aliphatic heterocycles. The Kier molecular flexibility index (Phi) is 6.45. The number of benzene rings is 8. The van der Waals surface area contributed by atoms with Crippen LogP contribution in [-0.4, -0.2) is 24.1 Å². The number of hydrogen-bond donors (Lipinski definition) is 0. The van der Waals surface area contributed by atoms with Crippen LogP contribution < -0.4 is 0 Å². The number of aromatic nitrogens is 5. The van der Waals surface area contributed by atoms with E-state index in [9.17, 15) is 2.74 Å². The molecule has 0 amide bonds. The van der Waals surface area contributed by atoms with Gasteiger partial charge in [-0.3, -0.25) is 4.57 Å². The van der Waals surface area contributed by atoms with Gasteiger partial charge in [-0.25, -0.2) is 4.98 Å². The number of nitrogens with zero attached hydrogens (tertiary/aromatic N) is 5. The summed E-state index contributed by atoms with van der Waals surface area (Å²) in [5.74, 6) is 1.43. The van der Waals surface area contributed by atoms with Gasteiger partial charge in [-0.15, -0.1) is 0 Å². The Morgan fingerprint density at radius 3 is 1.95 bits per heavy atom. The highest BCUT2D eigenvalue weighted by molar-refractivity contribution is 6.25. The molecule has 0 N–H and O–H groups in total. The van der Waals surface area contributed by atoms with Crippen LogP contribution in [0.15, 0.2) is 168 Å². The van der Waals surface area contributed by atoms with Crippen LogP contribution in [0, 0.1) is 0 Å². The summed E-state index contributed by atoms with van der Waals surface area (Å²) in [7, 11) is 0. The summed E-state index contributed by atoms with van der Waals surface area (Å²) < 4.78 is 54.9. The average Bonchev–Trinajstić information content (AvgIpc) is 4.00. The van der Waals surface area contributed by atoms with Gasteiger partial charge in [0.2, 0.25) is 5.95 Å². The lowest BCUT2D eigenvalue weighted by atomic mass is 9.63. The molecule has 6 heteroatoms. The van der Waals surface area contributed by atoms with E-state index >= 15 is 0 Å². The third kappa shape index (κ3) is 5.34. The molecule has 0 spiro atoms. The molecule has 4 heterocycles. The monoisotopic (exact) mass is 818 g/mol. The minimum Gasteiger partial charge on any atom is -0.456 e. The number of furan rings is 1. The van der Waals surface area contributed by atoms with E-state index in [0.717, 1.165) is 94.8 Å². The van der Waals surface area contributed by atoms with Crippen molar-refractivity contribution >= 4 is 76.3 Å². The van der Waals surface area contributed by atoms with Crippen molar-refractivity contribution in [2.24, 2.45) is 0 Å². The van der Waals surface area contributed by atoms with Gasteiger partial charge in [0.15, 0.2) is 11.6 Å². The SMILES string of the molecule is [2H]c1c([2H])c([2H])c(-n2c3cc4c(cc3c3c5ccccc5ccc32)c2cc3c(cc2n4-c2nc(-c4ccccc4)nc(-c4ccc5oc6ccccc6c5c4)n2)C(C)(C)CCC3(C)C)c([2H])c1[2H]. The Balaban J connectivity index is 1.20. The van der Waals surface area contributed by atoms with E-state index in [2.05, 4.69) is 80.8 Å². The minimum atomic E-state index is -0.438. The average molecular weight is 819 g/mol. The van der Waals surface area contributed by atoms with Crippen molar-refractivity contribution in [1.82, 2.24) is 24.1 Å². The smallest absolute Gasteiger partial charge is 0.238 e. The van der Waals surface area contributed by atoms with Crippen LogP contribution in [0.4, 0.5) is 0 Å². The molecular weight excluding hydrogens is 771 g/mol. The topological polar surface area (TPSA) is 61.7 Å². The van der Waals surface area contributed by atoms with Gasteiger partial charge in [-0.2, -0.15) is 9.97 Å². The first-order chi connectivity index (χ1) is 32.8. The molecule has 63 heavy (non-hydrogen) atoms. The molecule has 302 valence electrons. The first kappa shape index (κ1) is 31.3. The number of hydrogen-bond acceptors (Lipinski definition) is 4. The summed E-state index contributed by atoms with van der Waals surface area (Å²) in [5.41, 5.74) is 8.88. The highest BCUT2D eigenvalue weighted by Crippen LogP contribution is 2.49. The van der Waals surface area contributed by atoms with Crippen molar-refractivity contribution < 1.29 is 11.3 Å². The van der Waals surface area contributed by atoms with Crippen LogP contribution in [-0.2, 0) is 10.8 Å². The quantitative estimate of drug-likeness (QED) is 0.177. The summed E-state index contributed by atoms with van der Waals surface area (Å²) in [6, 6.07) is 43.6. The Bertz CT molecular complexity index is 4140. The fourth-order valence-electron chi connectivity index (χ4n) is 10.3. The van der Waals surface area contributed by atoms with Crippen molar-refractivity contribution in [3.05, 3.63) is 175 Å². The Hall–Kier alpha value is -7.57. The fourth-order valence-corrected chi connectivity index (χ4v) is 10.3. The van der Waals surface area contributed by atoms with Crippen LogP contribution in [0.2, 0.25) is 0 Å². The standard InChI is InChI=1S/C57H43N5O/c1-56(2)27-28-57(3,4)45-32-47-41(31-44(45)56)40-30-43-49(61(37-18-9-6-10-19-37)46-25-23-34-15-11-12-20-38(34)52(43)46)33-48(40)62(47)55-59-53(35-16-7-5-8-17-35)58-54(60-55)36-24-26-51-42(29-36)39-21-13-14-22-50(39)63-51/h5-26,29-33H,27-28H2,1-4H3/i6D,9D,10D,18D,19D. The summed E-state index contributed by atoms with van der Waals surface area (Å²) in [6.07, 6.45) is 2.08. The molecule has 0 fully saturated rings. The number of rotatable bonds is 4. The third-order valence-corrected chi connectivity index (χ3v) is 13.7. The second kappa shape index (κ2) is 13.0. The third-order valence-electron chi connectivity index (χ3n) is 13.7. The van der Waals surface area contributed by atoms with Gasteiger partial charge in [0.1, 0.15) is 11.2 Å². The van der Waals surface area contributed by atoms with Crippen LogP contribution in [0.25, 0.3) is 111 Å². The molecule has 0 radical (unpaired) electrons.